The highest BCUT2D eigenvalue weighted by molar-refractivity contribution is 5.71. The van der Waals surface area contributed by atoms with E-state index in [0.29, 0.717) is 0 Å². The fourth-order valence-electron chi connectivity index (χ4n) is 2.46. The molecule has 2 unspecified atom stereocenters. The number of ether oxygens (including phenoxy) is 1. The van der Waals surface area contributed by atoms with E-state index in [2.05, 4.69) is 5.10 Å². The van der Waals surface area contributed by atoms with Crippen molar-refractivity contribution in [3.63, 3.8) is 0 Å². The van der Waals surface area contributed by atoms with Crippen LogP contribution in [0.2, 0.25) is 0 Å². The number of hydrogen-bond acceptors (Lipinski definition) is 3. The average molecular weight is 291 g/mol. The molecule has 1 saturated heterocycles. The molecule has 1 fully saturated rings. The third-order valence-electron chi connectivity index (χ3n) is 3.37. The number of hydrogen-bond donors (Lipinski definition) is 0. The topological polar surface area (TPSA) is 47.4 Å². The van der Waals surface area contributed by atoms with E-state index in [0.717, 1.165) is 10.7 Å². The Morgan fingerprint density at radius 1 is 1.40 bits per heavy atom. The smallest absolute Gasteiger partial charge is 0.435 e. The number of rotatable bonds is 2. The van der Waals surface area contributed by atoms with Crippen molar-refractivity contribution in [1.29, 1.82) is 0 Å². The number of aryl methyl sites for hydroxylation is 1. The van der Waals surface area contributed by atoms with Gasteiger partial charge in [-0.25, -0.2) is 4.79 Å². The van der Waals surface area contributed by atoms with Crippen molar-refractivity contribution in [3.05, 3.63) is 17.5 Å². The number of alkyl halides is 3. The van der Waals surface area contributed by atoms with E-state index in [-0.39, 0.29) is 17.8 Å². The number of aromatic nitrogens is 2. The maximum atomic E-state index is 12.7. The van der Waals surface area contributed by atoms with Gasteiger partial charge in [-0.2, -0.15) is 18.3 Å². The van der Waals surface area contributed by atoms with Gasteiger partial charge in [0.1, 0.15) is 0 Å². The van der Waals surface area contributed by atoms with Gasteiger partial charge in [0.15, 0.2) is 11.8 Å². The number of nitrogens with zero attached hydrogens (tertiary/aromatic N) is 3. The van der Waals surface area contributed by atoms with Crippen LogP contribution in [-0.4, -0.2) is 32.9 Å². The van der Waals surface area contributed by atoms with E-state index in [4.69, 9.17) is 4.74 Å². The first-order valence-electron chi connectivity index (χ1n) is 6.23. The Hall–Kier alpha value is -1.73. The number of carbonyl (C=O) groups excluding carboxylic acids is 1. The maximum absolute atomic E-state index is 12.7. The number of amides is 1. The second kappa shape index (κ2) is 4.68. The summed E-state index contributed by atoms with van der Waals surface area (Å²) in [5.74, 6) is 0. The second-order valence-corrected chi connectivity index (χ2v) is 5.12. The minimum atomic E-state index is -4.51. The Morgan fingerprint density at radius 3 is 2.40 bits per heavy atom. The summed E-state index contributed by atoms with van der Waals surface area (Å²) in [5, 5.41) is 3.44. The molecule has 1 aliphatic heterocycles. The van der Waals surface area contributed by atoms with Crippen LogP contribution in [0.4, 0.5) is 18.0 Å². The van der Waals surface area contributed by atoms with Crippen molar-refractivity contribution in [2.24, 2.45) is 7.05 Å². The Kier molecular flexibility index (Phi) is 3.43. The van der Waals surface area contributed by atoms with Crippen LogP contribution in [0.1, 0.15) is 38.3 Å². The average Bonchev–Trinajstić information content (AvgIpc) is 2.79. The summed E-state index contributed by atoms with van der Waals surface area (Å²) in [6.07, 6.45) is -5.79. The van der Waals surface area contributed by atoms with Crippen LogP contribution in [-0.2, 0) is 18.0 Å². The van der Waals surface area contributed by atoms with Crippen molar-refractivity contribution < 1.29 is 22.7 Å². The van der Waals surface area contributed by atoms with Gasteiger partial charge in [0.05, 0.1) is 11.7 Å². The summed E-state index contributed by atoms with van der Waals surface area (Å²) < 4.78 is 44.3. The van der Waals surface area contributed by atoms with Gasteiger partial charge in [-0.1, -0.05) is 0 Å². The Bertz CT molecular complexity index is 525. The second-order valence-electron chi connectivity index (χ2n) is 5.12. The molecule has 5 nitrogen and oxygen atoms in total. The van der Waals surface area contributed by atoms with E-state index in [1.807, 2.05) is 13.8 Å². The van der Waals surface area contributed by atoms with Gasteiger partial charge in [-0.05, 0) is 26.8 Å². The molecule has 8 heteroatoms. The van der Waals surface area contributed by atoms with Gasteiger partial charge in [0, 0.05) is 13.1 Å². The van der Waals surface area contributed by atoms with Crippen molar-refractivity contribution in [3.8, 4) is 0 Å². The van der Waals surface area contributed by atoms with Crippen LogP contribution in [0.15, 0.2) is 6.07 Å². The number of carbonyl (C=O) groups is 1. The summed E-state index contributed by atoms with van der Waals surface area (Å²) in [5.41, 5.74) is -0.748. The highest BCUT2D eigenvalue weighted by atomic mass is 19.4. The van der Waals surface area contributed by atoms with Crippen LogP contribution in [0, 0.1) is 0 Å². The summed E-state index contributed by atoms with van der Waals surface area (Å²) >= 11 is 0. The van der Waals surface area contributed by atoms with Gasteiger partial charge in [-0.3, -0.25) is 9.58 Å². The normalized spacial score (nSPS) is 23.6. The fraction of sp³-hybridized carbons (Fsp3) is 0.667. The predicted molar refractivity (Wildman–Crippen MR) is 63.9 cm³/mol. The van der Waals surface area contributed by atoms with E-state index >= 15 is 0 Å². The molecule has 0 aliphatic carbocycles. The minimum absolute atomic E-state index is 0.0854. The van der Waals surface area contributed by atoms with E-state index in [1.54, 1.807) is 6.92 Å². The molecule has 0 radical (unpaired) electrons. The first-order valence-corrected chi connectivity index (χ1v) is 6.23. The maximum Gasteiger partial charge on any atom is 0.435 e. The Labute approximate surface area is 114 Å². The summed E-state index contributed by atoms with van der Waals surface area (Å²) in [7, 11) is 1.41. The summed E-state index contributed by atoms with van der Waals surface area (Å²) in [4.78, 5) is 13.3. The molecule has 20 heavy (non-hydrogen) atoms. The molecule has 2 rings (SSSR count). The minimum Gasteiger partial charge on any atom is -0.437 e. The monoisotopic (exact) mass is 291 g/mol. The molecular weight excluding hydrogens is 275 g/mol. The van der Waals surface area contributed by atoms with Gasteiger partial charge in [0.25, 0.3) is 0 Å². The van der Waals surface area contributed by atoms with Gasteiger partial charge in [-0.15, -0.1) is 0 Å². The molecule has 1 amide bonds. The summed E-state index contributed by atoms with van der Waals surface area (Å²) in [6, 6.07) is 0.495. The molecule has 0 aromatic carbocycles. The highest BCUT2D eigenvalue weighted by Gasteiger charge is 2.44. The largest absolute Gasteiger partial charge is 0.437 e. The molecule has 0 saturated carbocycles. The number of cyclic esters (lactones) is 1. The standard InChI is InChI=1S/C12H16F3N3O2/c1-6(2)18-7(3)10(20-11(18)19)8-5-9(12(13,14)15)16-17(8)4/h5-7,10H,1-4H3. The van der Waals surface area contributed by atoms with Crippen LogP contribution in [0.3, 0.4) is 0 Å². The third-order valence-corrected chi connectivity index (χ3v) is 3.37. The highest BCUT2D eigenvalue weighted by Crippen LogP contribution is 2.36. The molecule has 2 heterocycles. The lowest BCUT2D eigenvalue weighted by molar-refractivity contribution is -0.141. The van der Waals surface area contributed by atoms with Crippen molar-refractivity contribution in [2.45, 2.75) is 45.1 Å². The van der Waals surface area contributed by atoms with Crippen LogP contribution in [0.5, 0.6) is 0 Å². The van der Waals surface area contributed by atoms with Crippen molar-refractivity contribution in [2.75, 3.05) is 0 Å². The van der Waals surface area contributed by atoms with Crippen LogP contribution >= 0.6 is 0 Å². The van der Waals surface area contributed by atoms with Gasteiger partial charge >= 0.3 is 12.3 Å². The molecule has 0 N–H and O–H groups in total. The molecule has 0 spiro atoms. The first-order chi connectivity index (χ1) is 9.12. The van der Waals surface area contributed by atoms with E-state index in [1.165, 1.54) is 11.9 Å². The zero-order chi connectivity index (χ0) is 15.2. The molecular formula is C12H16F3N3O2. The SMILES string of the molecule is CC(C)N1C(=O)OC(c2cc(C(F)(F)F)nn2C)C1C. The lowest BCUT2D eigenvalue weighted by Crippen LogP contribution is -2.37. The van der Waals surface area contributed by atoms with Crippen LogP contribution in [0.25, 0.3) is 0 Å². The molecule has 1 aromatic rings. The molecule has 1 aliphatic rings. The van der Waals surface area contributed by atoms with Gasteiger partial charge < -0.3 is 4.74 Å². The lowest BCUT2D eigenvalue weighted by atomic mass is 10.1. The zero-order valence-corrected chi connectivity index (χ0v) is 11.6. The molecule has 0 bridgehead atoms. The Morgan fingerprint density at radius 2 is 2.00 bits per heavy atom. The fourth-order valence-corrected chi connectivity index (χ4v) is 2.46. The van der Waals surface area contributed by atoms with Crippen molar-refractivity contribution in [1.82, 2.24) is 14.7 Å². The molecule has 2 atom stereocenters. The van der Waals surface area contributed by atoms with E-state index in [9.17, 15) is 18.0 Å². The Balaban J connectivity index is 2.34. The lowest BCUT2D eigenvalue weighted by Gasteiger charge is -2.24. The molecule has 1 aromatic heterocycles. The van der Waals surface area contributed by atoms with E-state index < -0.39 is 24.1 Å². The third kappa shape index (κ3) is 2.34. The van der Waals surface area contributed by atoms with Gasteiger partial charge in [0.2, 0.25) is 0 Å². The predicted octanol–water partition coefficient (Wildman–Crippen LogP) is 2.73. The number of halogens is 3. The quantitative estimate of drug-likeness (QED) is 0.841. The van der Waals surface area contributed by atoms with Crippen molar-refractivity contribution >= 4 is 6.09 Å². The molecule has 112 valence electrons. The first kappa shape index (κ1) is 14.7. The summed E-state index contributed by atoms with van der Waals surface area (Å²) in [6.45, 7) is 5.39. The van der Waals surface area contributed by atoms with Crippen LogP contribution < -0.4 is 0 Å². The zero-order valence-electron chi connectivity index (χ0n) is 11.6.